The predicted molar refractivity (Wildman–Crippen MR) is 84.5 cm³/mol. The molecular weight excluding hydrogens is 276 g/mol. The molecule has 0 N–H and O–H groups in total. The van der Waals surface area contributed by atoms with Crippen molar-refractivity contribution in [3.8, 4) is 0 Å². The Kier molecular flexibility index (Phi) is 4.22. The van der Waals surface area contributed by atoms with E-state index in [0.29, 0.717) is 11.6 Å². The molecular formula is C17H22N4O. The maximum Gasteiger partial charge on any atom is 0.272 e. The summed E-state index contributed by atoms with van der Waals surface area (Å²) in [5.41, 5.74) is 2.96. The van der Waals surface area contributed by atoms with E-state index >= 15 is 0 Å². The Bertz CT molecular complexity index is 647. The molecule has 1 amide bonds. The topological polar surface area (TPSA) is 51.0 Å². The van der Waals surface area contributed by atoms with Crippen LogP contribution < -0.4 is 0 Å². The predicted octanol–water partition coefficient (Wildman–Crippen LogP) is 2.22. The van der Waals surface area contributed by atoms with Crippen molar-refractivity contribution < 1.29 is 4.79 Å². The quantitative estimate of drug-likeness (QED) is 0.873. The van der Waals surface area contributed by atoms with Crippen LogP contribution in [0.5, 0.6) is 0 Å². The van der Waals surface area contributed by atoms with Crippen molar-refractivity contribution in [2.75, 3.05) is 13.1 Å². The second-order valence-electron chi connectivity index (χ2n) is 6.11. The van der Waals surface area contributed by atoms with Crippen LogP contribution in [0.15, 0.2) is 30.6 Å². The molecule has 1 aliphatic heterocycles. The average molecular weight is 298 g/mol. The van der Waals surface area contributed by atoms with E-state index in [1.54, 1.807) is 16.9 Å². The first-order valence-corrected chi connectivity index (χ1v) is 7.82. The van der Waals surface area contributed by atoms with E-state index in [2.05, 4.69) is 22.2 Å². The summed E-state index contributed by atoms with van der Waals surface area (Å²) in [4.78, 5) is 18.9. The summed E-state index contributed by atoms with van der Waals surface area (Å²) in [6.45, 7) is 3.66. The molecule has 0 bridgehead atoms. The number of amides is 1. The number of likely N-dealkylation sites (tertiary alicyclic amines) is 1. The molecule has 2 aromatic heterocycles. The van der Waals surface area contributed by atoms with Crippen molar-refractivity contribution >= 4 is 5.91 Å². The number of carbonyl (C=O) groups excluding carboxylic acids is 1. The molecule has 116 valence electrons. The summed E-state index contributed by atoms with van der Waals surface area (Å²) in [5, 5.41) is 4.09. The minimum atomic E-state index is 0.0896. The number of aryl methyl sites for hydroxylation is 2. The molecule has 3 rings (SSSR count). The van der Waals surface area contributed by atoms with E-state index < -0.39 is 0 Å². The van der Waals surface area contributed by atoms with Crippen LogP contribution in [-0.2, 0) is 13.5 Å². The third-order valence-corrected chi connectivity index (χ3v) is 4.34. The van der Waals surface area contributed by atoms with Crippen LogP contribution in [0.2, 0.25) is 0 Å². The van der Waals surface area contributed by atoms with Crippen LogP contribution in [0.1, 0.15) is 34.6 Å². The molecule has 22 heavy (non-hydrogen) atoms. The summed E-state index contributed by atoms with van der Waals surface area (Å²) < 4.78 is 1.65. The van der Waals surface area contributed by atoms with Crippen LogP contribution in [0.4, 0.5) is 0 Å². The molecule has 5 nitrogen and oxygen atoms in total. The zero-order chi connectivity index (χ0) is 15.5. The highest BCUT2D eigenvalue weighted by molar-refractivity contribution is 5.92. The van der Waals surface area contributed by atoms with Crippen molar-refractivity contribution in [1.82, 2.24) is 19.7 Å². The second-order valence-corrected chi connectivity index (χ2v) is 6.11. The lowest BCUT2D eigenvalue weighted by molar-refractivity contribution is 0.0662. The zero-order valence-corrected chi connectivity index (χ0v) is 13.2. The van der Waals surface area contributed by atoms with Gasteiger partial charge in [-0.15, -0.1) is 0 Å². The van der Waals surface area contributed by atoms with Gasteiger partial charge in [0.1, 0.15) is 5.69 Å². The van der Waals surface area contributed by atoms with Gasteiger partial charge in [-0.1, -0.05) is 6.07 Å². The van der Waals surface area contributed by atoms with Gasteiger partial charge in [-0.3, -0.25) is 14.5 Å². The summed E-state index contributed by atoms with van der Waals surface area (Å²) in [7, 11) is 1.81. The van der Waals surface area contributed by atoms with E-state index in [4.69, 9.17) is 0 Å². The maximum absolute atomic E-state index is 12.6. The highest BCUT2D eigenvalue weighted by Crippen LogP contribution is 2.22. The van der Waals surface area contributed by atoms with E-state index in [1.165, 1.54) is 12.0 Å². The van der Waals surface area contributed by atoms with Crippen molar-refractivity contribution in [1.29, 1.82) is 0 Å². The lowest BCUT2D eigenvalue weighted by Crippen LogP contribution is -2.41. The van der Waals surface area contributed by atoms with E-state index in [0.717, 1.165) is 31.6 Å². The number of rotatable bonds is 3. The molecule has 1 fully saturated rings. The normalized spacial score (nSPS) is 18.5. The molecule has 5 heteroatoms. The van der Waals surface area contributed by atoms with Crippen LogP contribution in [0.25, 0.3) is 0 Å². The minimum absolute atomic E-state index is 0.0896. The highest BCUT2D eigenvalue weighted by atomic mass is 16.2. The van der Waals surface area contributed by atoms with Gasteiger partial charge in [0.25, 0.3) is 5.91 Å². The number of piperidine rings is 1. The Balaban J connectivity index is 1.65. The number of aromatic nitrogens is 3. The van der Waals surface area contributed by atoms with E-state index in [-0.39, 0.29) is 5.91 Å². The largest absolute Gasteiger partial charge is 0.337 e. The van der Waals surface area contributed by atoms with Crippen LogP contribution >= 0.6 is 0 Å². The standard InChI is InChI=1S/C17H22N4O/c1-13-5-6-14(11-18-13)10-15-4-3-9-21(12-15)17(22)16-7-8-19-20(16)2/h5-8,11,15H,3-4,9-10,12H2,1-2H3/t15-/m0/s1. The number of carbonyl (C=O) groups is 1. The Labute approximate surface area is 131 Å². The lowest BCUT2D eigenvalue weighted by Gasteiger charge is -2.32. The first-order chi connectivity index (χ1) is 10.6. The average Bonchev–Trinajstić information content (AvgIpc) is 2.95. The van der Waals surface area contributed by atoms with Crippen LogP contribution in [-0.4, -0.2) is 38.7 Å². The van der Waals surface area contributed by atoms with E-state index in [9.17, 15) is 4.79 Å². The van der Waals surface area contributed by atoms with Crippen LogP contribution in [0, 0.1) is 12.8 Å². The molecule has 1 saturated heterocycles. The molecule has 3 heterocycles. The van der Waals surface area contributed by atoms with Gasteiger partial charge in [0.2, 0.25) is 0 Å². The number of hydrogen-bond donors (Lipinski definition) is 0. The summed E-state index contributed by atoms with van der Waals surface area (Å²) in [6, 6.07) is 5.98. The fraction of sp³-hybridized carbons (Fsp3) is 0.471. The first-order valence-electron chi connectivity index (χ1n) is 7.82. The fourth-order valence-electron chi connectivity index (χ4n) is 3.11. The second kappa shape index (κ2) is 6.30. The molecule has 0 spiro atoms. The summed E-state index contributed by atoms with van der Waals surface area (Å²) in [5.74, 6) is 0.599. The Morgan fingerprint density at radius 3 is 2.91 bits per heavy atom. The van der Waals surface area contributed by atoms with Gasteiger partial charge in [-0.2, -0.15) is 5.10 Å². The summed E-state index contributed by atoms with van der Waals surface area (Å²) in [6.07, 6.45) is 6.85. The van der Waals surface area contributed by atoms with Gasteiger partial charge in [-0.05, 0) is 49.8 Å². The Morgan fingerprint density at radius 2 is 2.23 bits per heavy atom. The van der Waals surface area contributed by atoms with Gasteiger partial charge in [-0.25, -0.2) is 0 Å². The molecule has 0 unspecified atom stereocenters. The number of hydrogen-bond acceptors (Lipinski definition) is 3. The minimum Gasteiger partial charge on any atom is -0.337 e. The third-order valence-electron chi connectivity index (χ3n) is 4.34. The Hall–Kier alpha value is -2.17. The summed E-state index contributed by atoms with van der Waals surface area (Å²) >= 11 is 0. The molecule has 0 radical (unpaired) electrons. The van der Waals surface area contributed by atoms with Crippen molar-refractivity contribution in [2.24, 2.45) is 13.0 Å². The van der Waals surface area contributed by atoms with Gasteiger partial charge in [0.15, 0.2) is 0 Å². The lowest BCUT2D eigenvalue weighted by atomic mass is 9.91. The van der Waals surface area contributed by atoms with Crippen LogP contribution in [0.3, 0.4) is 0 Å². The van der Waals surface area contributed by atoms with Gasteiger partial charge in [0.05, 0.1) is 0 Å². The van der Waals surface area contributed by atoms with Crippen molar-refractivity contribution in [2.45, 2.75) is 26.2 Å². The smallest absolute Gasteiger partial charge is 0.272 e. The van der Waals surface area contributed by atoms with Gasteiger partial charge >= 0.3 is 0 Å². The first kappa shape index (κ1) is 14.8. The fourth-order valence-corrected chi connectivity index (χ4v) is 3.11. The molecule has 0 saturated carbocycles. The number of pyridine rings is 1. The monoisotopic (exact) mass is 298 g/mol. The maximum atomic E-state index is 12.6. The van der Waals surface area contributed by atoms with E-state index in [1.807, 2.05) is 25.1 Å². The number of nitrogens with zero attached hydrogens (tertiary/aromatic N) is 4. The Morgan fingerprint density at radius 1 is 1.36 bits per heavy atom. The van der Waals surface area contributed by atoms with Crippen molar-refractivity contribution in [3.05, 3.63) is 47.5 Å². The molecule has 2 aromatic rings. The molecule has 0 aromatic carbocycles. The highest BCUT2D eigenvalue weighted by Gasteiger charge is 2.26. The molecule has 1 aliphatic rings. The molecule has 1 atom stereocenters. The van der Waals surface area contributed by atoms with Gasteiger partial charge in [0, 0.05) is 38.2 Å². The SMILES string of the molecule is Cc1ccc(C[C@@H]2CCCN(C(=O)c3ccnn3C)C2)cn1. The zero-order valence-electron chi connectivity index (χ0n) is 13.2. The van der Waals surface area contributed by atoms with Gasteiger partial charge < -0.3 is 4.90 Å². The molecule has 0 aliphatic carbocycles. The van der Waals surface area contributed by atoms with Crippen molar-refractivity contribution in [3.63, 3.8) is 0 Å². The third kappa shape index (κ3) is 3.18.